The molecule has 0 saturated carbocycles. The number of amides is 2. The lowest BCUT2D eigenvalue weighted by molar-refractivity contribution is -0.145. The minimum atomic E-state index is -0.663. The van der Waals surface area contributed by atoms with Crippen LogP contribution in [0.25, 0.3) is 0 Å². The van der Waals surface area contributed by atoms with Crippen molar-refractivity contribution in [3.05, 3.63) is 35.9 Å². The number of hydrogen-bond donors (Lipinski definition) is 3. The van der Waals surface area contributed by atoms with Gasteiger partial charge in [0.1, 0.15) is 18.2 Å². The lowest BCUT2D eigenvalue weighted by Crippen LogP contribution is -2.48. The molecular weight excluding hydrogens is 410 g/mol. The van der Waals surface area contributed by atoms with Crippen molar-refractivity contribution in [1.29, 1.82) is 0 Å². The van der Waals surface area contributed by atoms with Crippen molar-refractivity contribution in [2.24, 2.45) is 5.73 Å². The molecule has 32 heavy (non-hydrogen) atoms. The Hall–Kier alpha value is -2.61. The van der Waals surface area contributed by atoms with E-state index in [-0.39, 0.29) is 18.5 Å². The van der Waals surface area contributed by atoms with Gasteiger partial charge in [0.2, 0.25) is 5.91 Å². The fraction of sp³-hybridized carbons (Fsp3) is 0.625. The topological polar surface area (TPSA) is 120 Å². The quantitative estimate of drug-likeness (QED) is 0.296. The van der Waals surface area contributed by atoms with Gasteiger partial charge in [-0.15, -0.1) is 0 Å². The van der Waals surface area contributed by atoms with E-state index in [9.17, 15) is 14.4 Å². The van der Waals surface area contributed by atoms with E-state index in [1.807, 2.05) is 30.3 Å². The predicted octanol–water partition coefficient (Wildman–Crippen LogP) is 3.43. The first-order valence-electron chi connectivity index (χ1n) is 11.4. The van der Waals surface area contributed by atoms with Gasteiger partial charge in [0.15, 0.2) is 0 Å². The van der Waals surface area contributed by atoms with E-state index in [0.717, 1.165) is 31.2 Å². The van der Waals surface area contributed by atoms with Crippen LogP contribution in [0.2, 0.25) is 0 Å². The standard InChI is InChI=1S/C24H39N3O5/c1-24(2,3)32-23(30)27-20(14-9-10-16-25)22(29)26-17-11-5-8-15-21(28)31-18-19-12-6-4-7-13-19/h4,6-7,12-13,20H,5,8-11,14-18,25H2,1-3H3,(H,26,29)(H,27,30)/t20-/m0/s1. The van der Waals surface area contributed by atoms with Crippen LogP contribution in [0.5, 0.6) is 0 Å². The van der Waals surface area contributed by atoms with Crippen molar-refractivity contribution < 1.29 is 23.9 Å². The summed E-state index contributed by atoms with van der Waals surface area (Å²) in [5.74, 6) is -0.463. The zero-order valence-electron chi connectivity index (χ0n) is 19.7. The maximum Gasteiger partial charge on any atom is 0.408 e. The number of hydrogen-bond acceptors (Lipinski definition) is 6. The van der Waals surface area contributed by atoms with Crippen LogP contribution < -0.4 is 16.4 Å². The number of carbonyl (C=O) groups is 3. The number of esters is 1. The maximum absolute atomic E-state index is 12.5. The predicted molar refractivity (Wildman–Crippen MR) is 124 cm³/mol. The summed E-state index contributed by atoms with van der Waals surface area (Å²) in [7, 11) is 0. The molecule has 1 aromatic rings. The molecule has 0 heterocycles. The van der Waals surface area contributed by atoms with E-state index in [1.54, 1.807) is 20.8 Å². The van der Waals surface area contributed by atoms with Gasteiger partial charge in [-0.25, -0.2) is 4.79 Å². The molecule has 0 aromatic heterocycles. The Labute approximate surface area is 191 Å². The Morgan fingerprint density at radius 3 is 2.38 bits per heavy atom. The number of benzene rings is 1. The smallest absolute Gasteiger partial charge is 0.408 e. The molecular formula is C24H39N3O5. The summed E-state index contributed by atoms with van der Waals surface area (Å²) in [4.78, 5) is 36.4. The molecule has 0 aliphatic heterocycles. The second kappa shape index (κ2) is 15.2. The van der Waals surface area contributed by atoms with E-state index in [0.29, 0.717) is 32.4 Å². The third-order valence-electron chi connectivity index (χ3n) is 4.55. The molecule has 8 nitrogen and oxygen atoms in total. The van der Waals surface area contributed by atoms with Crippen LogP contribution in [0.4, 0.5) is 4.79 Å². The molecule has 0 saturated heterocycles. The van der Waals surface area contributed by atoms with Gasteiger partial charge in [-0.2, -0.15) is 0 Å². The monoisotopic (exact) mass is 449 g/mol. The van der Waals surface area contributed by atoms with Crippen molar-refractivity contribution >= 4 is 18.0 Å². The van der Waals surface area contributed by atoms with Gasteiger partial charge in [0.05, 0.1) is 0 Å². The first-order valence-corrected chi connectivity index (χ1v) is 11.4. The third kappa shape index (κ3) is 13.6. The van der Waals surface area contributed by atoms with Crippen LogP contribution in [0.15, 0.2) is 30.3 Å². The van der Waals surface area contributed by atoms with Crippen LogP contribution in [-0.4, -0.2) is 42.7 Å². The summed E-state index contributed by atoms with van der Waals surface area (Å²) in [6.07, 6.45) is 3.96. The molecule has 0 aliphatic rings. The Morgan fingerprint density at radius 2 is 1.72 bits per heavy atom. The summed E-state index contributed by atoms with van der Waals surface area (Å²) in [6.45, 7) is 6.61. The fourth-order valence-electron chi connectivity index (χ4n) is 2.93. The van der Waals surface area contributed by atoms with Crippen LogP contribution in [-0.2, 0) is 25.7 Å². The van der Waals surface area contributed by atoms with Crippen LogP contribution in [0, 0.1) is 0 Å². The highest BCUT2D eigenvalue weighted by atomic mass is 16.6. The molecule has 180 valence electrons. The molecule has 0 fully saturated rings. The van der Waals surface area contributed by atoms with Gasteiger partial charge in [-0.3, -0.25) is 9.59 Å². The highest BCUT2D eigenvalue weighted by molar-refractivity contribution is 5.85. The zero-order chi connectivity index (χ0) is 23.8. The number of nitrogens with one attached hydrogen (secondary N) is 2. The molecule has 0 radical (unpaired) electrons. The number of rotatable bonds is 14. The van der Waals surface area contributed by atoms with E-state index in [4.69, 9.17) is 15.2 Å². The van der Waals surface area contributed by atoms with Gasteiger partial charge in [-0.05, 0) is 65.0 Å². The number of nitrogens with two attached hydrogens (primary N) is 1. The average molecular weight is 450 g/mol. The van der Waals surface area contributed by atoms with Crippen LogP contribution >= 0.6 is 0 Å². The Kier molecular flexibility index (Phi) is 13.1. The third-order valence-corrected chi connectivity index (χ3v) is 4.55. The summed E-state index contributed by atoms with van der Waals surface area (Å²) in [5, 5.41) is 5.51. The summed E-state index contributed by atoms with van der Waals surface area (Å²) in [6, 6.07) is 8.89. The van der Waals surface area contributed by atoms with Crippen LogP contribution in [0.1, 0.15) is 71.3 Å². The molecule has 0 bridgehead atoms. The largest absolute Gasteiger partial charge is 0.461 e. The summed E-state index contributed by atoms with van der Waals surface area (Å²) < 4.78 is 10.5. The molecule has 0 unspecified atom stereocenters. The van der Waals surface area contributed by atoms with Crippen molar-refractivity contribution in [2.45, 2.75) is 84.0 Å². The zero-order valence-corrected chi connectivity index (χ0v) is 19.7. The van der Waals surface area contributed by atoms with Gasteiger partial charge in [0.25, 0.3) is 0 Å². The highest BCUT2D eigenvalue weighted by Crippen LogP contribution is 2.09. The Balaban J connectivity index is 2.26. The number of ether oxygens (including phenoxy) is 2. The van der Waals surface area contributed by atoms with Gasteiger partial charge >= 0.3 is 12.1 Å². The van der Waals surface area contributed by atoms with E-state index in [1.165, 1.54) is 0 Å². The van der Waals surface area contributed by atoms with Crippen molar-refractivity contribution in [2.75, 3.05) is 13.1 Å². The lowest BCUT2D eigenvalue weighted by Gasteiger charge is -2.23. The van der Waals surface area contributed by atoms with Crippen molar-refractivity contribution in [1.82, 2.24) is 10.6 Å². The number of unbranched alkanes of at least 4 members (excludes halogenated alkanes) is 3. The van der Waals surface area contributed by atoms with Gasteiger partial charge in [0, 0.05) is 13.0 Å². The first-order chi connectivity index (χ1) is 15.2. The van der Waals surface area contributed by atoms with Gasteiger partial charge in [-0.1, -0.05) is 36.8 Å². The van der Waals surface area contributed by atoms with Crippen molar-refractivity contribution in [3.8, 4) is 0 Å². The second-order valence-electron chi connectivity index (χ2n) is 8.73. The van der Waals surface area contributed by atoms with Crippen molar-refractivity contribution in [3.63, 3.8) is 0 Å². The molecule has 1 rings (SSSR count). The average Bonchev–Trinajstić information content (AvgIpc) is 2.73. The molecule has 0 spiro atoms. The molecule has 2 amide bonds. The molecule has 8 heteroatoms. The maximum atomic E-state index is 12.5. The number of carbonyl (C=O) groups excluding carboxylic acids is 3. The van der Waals surface area contributed by atoms with E-state index in [2.05, 4.69) is 10.6 Å². The normalized spacial score (nSPS) is 12.0. The first kappa shape index (κ1) is 27.4. The Morgan fingerprint density at radius 1 is 1.00 bits per heavy atom. The van der Waals surface area contributed by atoms with E-state index >= 15 is 0 Å². The summed E-state index contributed by atoms with van der Waals surface area (Å²) in [5.41, 5.74) is 5.85. The second-order valence-corrected chi connectivity index (χ2v) is 8.73. The lowest BCUT2D eigenvalue weighted by atomic mass is 10.1. The molecule has 1 atom stereocenters. The van der Waals surface area contributed by atoms with Gasteiger partial charge < -0.3 is 25.8 Å². The fourth-order valence-corrected chi connectivity index (χ4v) is 2.93. The molecule has 0 aliphatic carbocycles. The molecule has 4 N–H and O–H groups in total. The van der Waals surface area contributed by atoms with Crippen LogP contribution in [0.3, 0.4) is 0 Å². The summed E-state index contributed by atoms with van der Waals surface area (Å²) >= 11 is 0. The minimum Gasteiger partial charge on any atom is -0.461 e. The minimum absolute atomic E-state index is 0.223. The SMILES string of the molecule is CC(C)(C)OC(=O)N[C@@H](CCCCN)C(=O)NCCCCCC(=O)OCc1ccccc1. The Bertz CT molecular complexity index is 689. The highest BCUT2D eigenvalue weighted by Gasteiger charge is 2.23. The van der Waals surface area contributed by atoms with E-state index < -0.39 is 17.7 Å². The number of alkyl carbamates (subject to hydrolysis) is 1. The molecule has 1 aromatic carbocycles.